The molecule has 2 nitrogen and oxygen atoms in total. The molecular weight excluding hydrogens is 172 g/mol. The summed E-state index contributed by atoms with van der Waals surface area (Å²) in [6, 6.07) is 2.02. The Balaban J connectivity index is 2.44. The maximum atomic E-state index is 3.40. The van der Waals surface area contributed by atoms with Gasteiger partial charge >= 0.3 is 0 Å². The van der Waals surface area contributed by atoms with Crippen LogP contribution in [-0.2, 0) is 0 Å². The Hall–Kier alpha value is -0.0800. The van der Waals surface area contributed by atoms with Crippen molar-refractivity contribution in [3.8, 4) is 0 Å². The van der Waals surface area contributed by atoms with E-state index in [4.69, 9.17) is 0 Å². The van der Waals surface area contributed by atoms with Gasteiger partial charge in [-0.1, -0.05) is 6.92 Å². The number of nitrogens with one attached hydrogen (secondary N) is 1. The molecule has 14 heavy (non-hydrogen) atoms. The highest BCUT2D eigenvalue weighted by molar-refractivity contribution is 4.88. The predicted molar refractivity (Wildman–Crippen MR) is 62.5 cm³/mol. The quantitative estimate of drug-likeness (QED) is 0.703. The standard InChI is InChI=1S/C12H26N2/c1-6-12(13-4)10(3)14(5)9(2)11-7-8-11/h9-13H,6-8H2,1-5H3. The van der Waals surface area contributed by atoms with E-state index in [2.05, 4.69) is 45.1 Å². The molecule has 1 saturated carbocycles. The summed E-state index contributed by atoms with van der Waals surface area (Å²) in [5.74, 6) is 0.969. The lowest BCUT2D eigenvalue weighted by atomic mass is 10.0. The third kappa shape index (κ3) is 2.71. The molecule has 0 spiro atoms. The first-order valence-corrected chi connectivity index (χ1v) is 6.01. The Labute approximate surface area is 89.1 Å². The zero-order valence-corrected chi connectivity index (χ0v) is 10.4. The maximum Gasteiger partial charge on any atom is 0.0220 e. The van der Waals surface area contributed by atoms with Crippen LogP contribution in [0.1, 0.15) is 40.0 Å². The molecule has 0 aliphatic heterocycles. The molecule has 3 unspecified atom stereocenters. The second-order valence-electron chi connectivity index (χ2n) is 4.79. The molecule has 1 aliphatic rings. The van der Waals surface area contributed by atoms with Gasteiger partial charge in [-0.2, -0.15) is 0 Å². The molecular formula is C12H26N2. The normalized spacial score (nSPS) is 23.6. The van der Waals surface area contributed by atoms with Gasteiger partial charge in [0.1, 0.15) is 0 Å². The van der Waals surface area contributed by atoms with Crippen LogP contribution in [0.15, 0.2) is 0 Å². The molecule has 0 aromatic heterocycles. The van der Waals surface area contributed by atoms with Crippen molar-refractivity contribution in [1.82, 2.24) is 10.2 Å². The van der Waals surface area contributed by atoms with Gasteiger partial charge in [0.2, 0.25) is 0 Å². The van der Waals surface area contributed by atoms with Crippen LogP contribution in [0.2, 0.25) is 0 Å². The highest BCUT2D eigenvalue weighted by atomic mass is 15.2. The second-order valence-corrected chi connectivity index (χ2v) is 4.79. The van der Waals surface area contributed by atoms with E-state index in [1.54, 1.807) is 0 Å². The third-order valence-electron chi connectivity index (χ3n) is 3.98. The molecule has 1 rings (SSSR count). The van der Waals surface area contributed by atoms with E-state index in [1.807, 2.05) is 0 Å². The Morgan fingerprint density at radius 2 is 1.93 bits per heavy atom. The van der Waals surface area contributed by atoms with Crippen molar-refractivity contribution in [2.45, 2.75) is 58.2 Å². The summed E-state index contributed by atoms with van der Waals surface area (Å²) in [5.41, 5.74) is 0. The van der Waals surface area contributed by atoms with Crippen LogP contribution in [-0.4, -0.2) is 37.1 Å². The Bertz CT molecular complexity index is 156. The molecule has 0 aromatic rings. The molecule has 0 amide bonds. The van der Waals surface area contributed by atoms with Crippen LogP contribution < -0.4 is 5.32 Å². The molecule has 0 bridgehead atoms. The fourth-order valence-electron chi connectivity index (χ4n) is 2.35. The van der Waals surface area contributed by atoms with Crippen molar-refractivity contribution in [3.05, 3.63) is 0 Å². The summed E-state index contributed by atoms with van der Waals surface area (Å²) >= 11 is 0. The Morgan fingerprint density at radius 1 is 1.36 bits per heavy atom. The van der Waals surface area contributed by atoms with Gasteiger partial charge in [0.05, 0.1) is 0 Å². The van der Waals surface area contributed by atoms with Crippen molar-refractivity contribution in [1.29, 1.82) is 0 Å². The molecule has 1 aliphatic carbocycles. The molecule has 0 saturated heterocycles. The van der Waals surface area contributed by atoms with Crippen LogP contribution in [0.25, 0.3) is 0 Å². The zero-order valence-electron chi connectivity index (χ0n) is 10.4. The fraction of sp³-hybridized carbons (Fsp3) is 1.00. The van der Waals surface area contributed by atoms with Gasteiger partial charge in [0, 0.05) is 18.1 Å². The van der Waals surface area contributed by atoms with Crippen LogP contribution in [0.3, 0.4) is 0 Å². The number of hydrogen-bond donors (Lipinski definition) is 1. The van der Waals surface area contributed by atoms with Crippen LogP contribution in [0.5, 0.6) is 0 Å². The van der Waals surface area contributed by atoms with Gasteiger partial charge in [0.15, 0.2) is 0 Å². The maximum absolute atomic E-state index is 3.40. The van der Waals surface area contributed by atoms with Crippen LogP contribution >= 0.6 is 0 Å². The third-order valence-corrected chi connectivity index (χ3v) is 3.98. The van der Waals surface area contributed by atoms with E-state index in [1.165, 1.54) is 19.3 Å². The lowest BCUT2D eigenvalue weighted by Crippen LogP contribution is -2.49. The van der Waals surface area contributed by atoms with Gasteiger partial charge in [-0.15, -0.1) is 0 Å². The van der Waals surface area contributed by atoms with Crippen molar-refractivity contribution >= 4 is 0 Å². The number of nitrogens with zero attached hydrogens (tertiary/aromatic N) is 1. The molecule has 3 atom stereocenters. The van der Waals surface area contributed by atoms with Crippen molar-refractivity contribution in [2.24, 2.45) is 5.92 Å². The Morgan fingerprint density at radius 3 is 2.29 bits per heavy atom. The summed E-state index contributed by atoms with van der Waals surface area (Å²) in [5, 5.41) is 3.40. The van der Waals surface area contributed by atoms with Gasteiger partial charge in [-0.3, -0.25) is 4.90 Å². The lowest BCUT2D eigenvalue weighted by molar-refractivity contribution is 0.145. The van der Waals surface area contributed by atoms with Crippen molar-refractivity contribution in [3.63, 3.8) is 0 Å². The summed E-state index contributed by atoms with van der Waals surface area (Å²) in [7, 11) is 4.34. The van der Waals surface area contributed by atoms with E-state index in [-0.39, 0.29) is 0 Å². The van der Waals surface area contributed by atoms with Crippen LogP contribution in [0.4, 0.5) is 0 Å². The minimum Gasteiger partial charge on any atom is -0.315 e. The van der Waals surface area contributed by atoms with E-state index in [0.717, 1.165) is 12.0 Å². The number of likely N-dealkylation sites (N-methyl/N-ethyl adjacent to an activating group) is 2. The summed E-state index contributed by atoms with van der Waals surface area (Å²) < 4.78 is 0. The van der Waals surface area contributed by atoms with E-state index < -0.39 is 0 Å². The zero-order chi connectivity index (χ0) is 10.7. The van der Waals surface area contributed by atoms with Crippen molar-refractivity contribution < 1.29 is 0 Å². The summed E-state index contributed by atoms with van der Waals surface area (Å²) in [6.07, 6.45) is 4.09. The lowest BCUT2D eigenvalue weighted by Gasteiger charge is -2.35. The number of rotatable bonds is 6. The van der Waals surface area contributed by atoms with Gasteiger partial charge < -0.3 is 5.32 Å². The average Bonchev–Trinajstić information content (AvgIpc) is 3.00. The second kappa shape index (κ2) is 5.13. The van der Waals surface area contributed by atoms with Gasteiger partial charge in [0.25, 0.3) is 0 Å². The fourth-order valence-corrected chi connectivity index (χ4v) is 2.35. The van der Waals surface area contributed by atoms with Gasteiger partial charge in [-0.05, 0) is 53.1 Å². The molecule has 0 radical (unpaired) electrons. The first kappa shape index (κ1) is 12.0. The largest absolute Gasteiger partial charge is 0.315 e. The Kier molecular flexibility index (Phi) is 4.39. The molecule has 0 heterocycles. The van der Waals surface area contributed by atoms with E-state index in [9.17, 15) is 0 Å². The molecule has 84 valence electrons. The molecule has 1 N–H and O–H groups in total. The van der Waals surface area contributed by atoms with E-state index >= 15 is 0 Å². The van der Waals surface area contributed by atoms with Crippen molar-refractivity contribution in [2.75, 3.05) is 14.1 Å². The predicted octanol–water partition coefficient (Wildman–Crippen LogP) is 2.10. The first-order valence-electron chi connectivity index (χ1n) is 6.01. The minimum absolute atomic E-state index is 0.626. The molecule has 1 fully saturated rings. The summed E-state index contributed by atoms with van der Waals surface area (Å²) in [4.78, 5) is 2.54. The smallest absolute Gasteiger partial charge is 0.0220 e. The van der Waals surface area contributed by atoms with Crippen LogP contribution in [0, 0.1) is 5.92 Å². The highest BCUT2D eigenvalue weighted by Crippen LogP contribution is 2.35. The SMILES string of the molecule is CCC(NC)C(C)N(C)C(C)C1CC1. The molecule has 0 aromatic carbocycles. The van der Waals surface area contributed by atoms with Gasteiger partial charge in [-0.25, -0.2) is 0 Å². The average molecular weight is 198 g/mol. The monoisotopic (exact) mass is 198 g/mol. The number of hydrogen-bond acceptors (Lipinski definition) is 2. The first-order chi connectivity index (χ1) is 6.61. The minimum atomic E-state index is 0.626. The topological polar surface area (TPSA) is 15.3 Å². The van der Waals surface area contributed by atoms with E-state index in [0.29, 0.717) is 12.1 Å². The highest BCUT2D eigenvalue weighted by Gasteiger charge is 2.33. The summed E-state index contributed by atoms with van der Waals surface area (Å²) in [6.45, 7) is 6.97. The molecule has 2 heteroatoms.